The van der Waals surface area contributed by atoms with Gasteiger partial charge in [-0.25, -0.2) is 9.97 Å². The van der Waals surface area contributed by atoms with E-state index in [1.807, 2.05) is 19.3 Å². The number of nitrogens with one attached hydrogen (secondary N) is 1. The van der Waals surface area contributed by atoms with E-state index < -0.39 is 0 Å². The normalized spacial score (nSPS) is 13.9. The molecule has 11 heavy (non-hydrogen) atoms. The molecular formula is C8H9N3. The van der Waals surface area contributed by atoms with Crippen LogP contribution in [0.2, 0.25) is 0 Å². The topological polar surface area (TPSA) is 37.8 Å². The first-order chi connectivity index (χ1) is 5.36. The predicted molar refractivity (Wildman–Crippen MR) is 43.2 cm³/mol. The Morgan fingerprint density at radius 1 is 1.55 bits per heavy atom. The fraction of sp³-hybridized carbons (Fsp3) is 0.250. The first kappa shape index (κ1) is 6.34. The summed E-state index contributed by atoms with van der Waals surface area (Å²) in [4.78, 5) is 8.35. The minimum atomic E-state index is 0.812. The minimum absolute atomic E-state index is 0.812. The van der Waals surface area contributed by atoms with E-state index in [0.29, 0.717) is 0 Å². The Morgan fingerprint density at radius 3 is 3.36 bits per heavy atom. The Balaban J connectivity index is 2.48. The van der Waals surface area contributed by atoms with Crippen molar-refractivity contribution in [2.75, 3.05) is 5.32 Å². The van der Waals surface area contributed by atoms with Gasteiger partial charge in [-0.05, 0) is 19.5 Å². The van der Waals surface area contributed by atoms with Crippen LogP contribution in [0.1, 0.15) is 11.4 Å². The van der Waals surface area contributed by atoms with Gasteiger partial charge in [-0.2, -0.15) is 0 Å². The molecule has 2 rings (SSSR count). The third-order valence-corrected chi connectivity index (χ3v) is 1.66. The number of allylic oxidation sites excluding steroid dienone is 1. The van der Waals surface area contributed by atoms with Gasteiger partial charge in [0.1, 0.15) is 11.6 Å². The van der Waals surface area contributed by atoms with Crippen molar-refractivity contribution in [1.29, 1.82) is 0 Å². The van der Waals surface area contributed by atoms with Crippen LogP contribution in [-0.4, -0.2) is 9.97 Å². The maximum Gasteiger partial charge on any atom is 0.137 e. The number of rotatable bonds is 0. The Kier molecular flexibility index (Phi) is 1.35. The molecule has 0 amide bonds. The molecule has 56 valence electrons. The summed E-state index contributed by atoms with van der Waals surface area (Å²) in [5, 5.41) is 3.07. The SMILES string of the molecule is Cc1ncc2c(n1)NC=CC2. The van der Waals surface area contributed by atoms with Gasteiger partial charge in [-0.3, -0.25) is 0 Å². The van der Waals surface area contributed by atoms with E-state index in [2.05, 4.69) is 21.4 Å². The molecule has 0 radical (unpaired) electrons. The van der Waals surface area contributed by atoms with Gasteiger partial charge < -0.3 is 5.32 Å². The molecule has 0 fully saturated rings. The van der Waals surface area contributed by atoms with Gasteiger partial charge in [-0.15, -0.1) is 0 Å². The second-order valence-electron chi connectivity index (χ2n) is 2.54. The first-order valence-corrected chi connectivity index (χ1v) is 3.60. The van der Waals surface area contributed by atoms with Crippen molar-refractivity contribution in [2.45, 2.75) is 13.3 Å². The molecule has 0 atom stereocenters. The van der Waals surface area contributed by atoms with Gasteiger partial charge in [0.05, 0.1) is 0 Å². The molecule has 0 bridgehead atoms. The highest BCUT2D eigenvalue weighted by Crippen LogP contribution is 2.15. The van der Waals surface area contributed by atoms with Gasteiger partial charge in [-0.1, -0.05) is 6.08 Å². The van der Waals surface area contributed by atoms with Gasteiger partial charge >= 0.3 is 0 Å². The molecule has 0 spiro atoms. The molecule has 0 saturated carbocycles. The highest BCUT2D eigenvalue weighted by molar-refractivity contribution is 5.48. The van der Waals surface area contributed by atoms with E-state index in [9.17, 15) is 0 Å². The summed E-state index contributed by atoms with van der Waals surface area (Å²) in [6, 6.07) is 0. The van der Waals surface area contributed by atoms with E-state index in [1.165, 1.54) is 0 Å². The van der Waals surface area contributed by atoms with Crippen LogP contribution in [-0.2, 0) is 6.42 Å². The van der Waals surface area contributed by atoms with E-state index in [0.717, 1.165) is 23.6 Å². The van der Waals surface area contributed by atoms with Crippen LogP contribution in [0.15, 0.2) is 18.5 Å². The van der Waals surface area contributed by atoms with Crippen LogP contribution < -0.4 is 5.32 Å². The summed E-state index contributed by atoms with van der Waals surface area (Å²) in [5.74, 6) is 1.76. The Morgan fingerprint density at radius 2 is 2.45 bits per heavy atom. The largest absolute Gasteiger partial charge is 0.347 e. The number of anilines is 1. The maximum absolute atomic E-state index is 4.24. The van der Waals surface area contributed by atoms with Crippen molar-refractivity contribution in [3.63, 3.8) is 0 Å². The summed E-state index contributed by atoms with van der Waals surface area (Å²) in [6.07, 6.45) is 6.77. The van der Waals surface area contributed by atoms with E-state index in [4.69, 9.17) is 0 Å². The van der Waals surface area contributed by atoms with Crippen molar-refractivity contribution in [2.24, 2.45) is 0 Å². The number of aromatic nitrogens is 2. The Labute approximate surface area is 65.2 Å². The van der Waals surface area contributed by atoms with Gasteiger partial charge in [0.15, 0.2) is 0 Å². The Hall–Kier alpha value is -1.38. The minimum Gasteiger partial charge on any atom is -0.347 e. The molecule has 1 aliphatic rings. The van der Waals surface area contributed by atoms with Gasteiger partial charge in [0.2, 0.25) is 0 Å². The lowest BCUT2D eigenvalue weighted by molar-refractivity contribution is 1.01. The molecular weight excluding hydrogens is 138 g/mol. The summed E-state index contributed by atoms with van der Waals surface area (Å²) in [7, 11) is 0. The fourth-order valence-electron chi connectivity index (χ4n) is 1.09. The Bertz CT molecular complexity index is 304. The third kappa shape index (κ3) is 1.09. The molecule has 0 aliphatic carbocycles. The quantitative estimate of drug-likeness (QED) is 0.600. The zero-order valence-corrected chi connectivity index (χ0v) is 6.33. The third-order valence-electron chi connectivity index (χ3n) is 1.66. The van der Waals surface area contributed by atoms with Crippen LogP contribution in [0.4, 0.5) is 5.82 Å². The number of hydrogen-bond acceptors (Lipinski definition) is 3. The van der Waals surface area contributed by atoms with Crippen molar-refractivity contribution >= 4 is 5.82 Å². The molecule has 1 aliphatic heterocycles. The number of aryl methyl sites for hydroxylation is 1. The number of hydrogen-bond donors (Lipinski definition) is 1. The summed E-state index contributed by atoms with van der Waals surface area (Å²) >= 11 is 0. The fourth-order valence-corrected chi connectivity index (χ4v) is 1.09. The highest BCUT2D eigenvalue weighted by Gasteiger charge is 2.05. The smallest absolute Gasteiger partial charge is 0.137 e. The first-order valence-electron chi connectivity index (χ1n) is 3.60. The molecule has 1 N–H and O–H groups in total. The van der Waals surface area contributed by atoms with Gasteiger partial charge in [0, 0.05) is 11.8 Å². The van der Waals surface area contributed by atoms with Crippen LogP contribution in [0, 0.1) is 6.92 Å². The second-order valence-corrected chi connectivity index (χ2v) is 2.54. The zero-order valence-electron chi connectivity index (χ0n) is 6.33. The molecule has 1 aromatic heterocycles. The van der Waals surface area contributed by atoms with Crippen LogP contribution in [0.3, 0.4) is 0 Å². The highest BCUT2D eigenvalue weighted by atomic mass is 15.0. The van der Waals surface area contributed by atoms with Crippen molar-refractivity contribution in [1.82, 2.24) is 9.97 Å². The molecule has 0 unspecified atom stereocenters. The molecule has 0 saturated heterocycles. The lowest BCUT2D eigenvalue weighted by Gasteiger charge is -2.10. The van der Waals surface area contributed by atoms with E-state index >= 15 is 0 Å². The molecule has 0 aromatic carbocycles. The molecule has 1 aromatic rings. The summed E-state index contributed by atoms with van der Waals surface area (Å²) in [6.45, 7) is 1.89. The lowest BCUT2D eigenvalue weighted by atomic mass is 10.2. The van der Waals surface area contributed by atoms with Crippen LogP contribution >= 0.6 is 0 Å². The standard InChI is InChI=1S/C8H9N3/c1-6-10-5-7-3-2-4-9-8(7)11-6/h2,4-5H,3H2,1H3,(H,9,10,11). The summed E-state index contributed by atoms with van der Waals surface area (Å²) < 4.78 is 0. The van der Waals surface area contributed by atoms with Crippen LogP contribution in [0.5, 0.6) is 0 Å². The van der Waals surface area contributed by atoms with Crippen molar-refractivity contribution in [3.05, 3.63) is 29.9 Å². The predicted octanol–water partition coefficient (Wildman–Crippen LogP) is 1.27. The van der Waals surface area contributed by atoms with E-state index in [-0.39, 0.29) is 0 Å². The van der Waals surface area contributed by atoms with Crippen molar-refractivity contribution < 1.29 is 0 Å². The lowest BCUT2D eigenvalue weighted by Crippen LogP contribution is -2.04. The molecule has 2 heterocycles. The van der Waals surface area contributed by atoms with Crippen LogP contribution in [0.25, 0.3) is 0 Å². The van der Waals surface area contributed by atoms with Crippen molar-refractivity contribution in [3.8, 4) is 0 Å². The second kappa shape index (κ2) is 2.34. The zero-order chi connectivity index (χ0) is 7.68. The van der Waals surface area contributed by atoms with Gasteiger partial charge in [0.25, 0.3) is 0 Å². The monoisotopic (exact) mass is 147 g/mol. The average molecular weight is 147 g/mol. The number of nitrogens with zero attached hydrogens (tertiary/aromatic N) is 2. The molecule has 3 heteroatoms. The molecule has 3 nitrogen and oxygen atoms in total. The average Bonchev–Trinajstić information content (AvgIpc) is 2.04. The maximum atomic E-state index is 4.24. The number of fused-ring (bicyclic) bond motifs is 1. The summed E-state index contributed by atoms with van der Waals surface area (Å²) in [5.41, 5.74) is 1.16. The van der Waals surface area contributed by atoms with E-state index in [1.54, 1.807) is 0 Å².